The largest absolute Gasteiger partial charge is 0.493 e. The van der Waals surface area contributed by atoms with E-state index in [1.54, 1.807) is 35.1 Å². The molecule has 0 spiro atoms. The summed E-state index contributed by atoms with van der Waals surface area (Å²) in [7, 11) is 0. The second kappa shape index (κ2) is 10.3. The third-order valence-electron chi connectivity index (χ3n) is 6.20. The quantitative estimate of drug-likeness (QED) is 0.391. The van der Waals surface area contributed by atoms with Gasteiger partial charge in [0.05, 0.1) is 24.0 Å². The summed E-state index contributed by atoms with van der Waals surface area (Å²) in [4.78, 5) is 41.2. The number of nitrogens with one attached hydrogen (secondary N) is 1. The number of nitroso groups, excluding NO2 is 1. The number of carbonyl (C=O) groups excluding carboxylic acids is 2. The van der Waals surface area contributed by atoms with Crippen molar-refractivity contribution < 1.29 is 14.3 Å². The number of amides is 2. The van der Waals surface area contributed by atoms with Crippen LogP contribution >= 0.6 is 0 Å². The fraction of sp³-hybridized carbons (Fsp3) is 0.231. The highest BCUT2D eigenvalue weighted by Crippen LogP contribution is 2.24. The molecule has 2 amide bonds. The van der Waals surface area contributed by atoms with Crippen LogP contribution in [0.4, 0.5) is 11.5 Å². The van der Waals surface area contributed by atoms with Gasteiger partial charge in [-0.3, -0.25) is 9.59 Å². The van der Waals surface area contributed by atoms with E-state index >= 15 is 0 Å². The summed E-state index contributed by atoms with van der Waals surface area (Å²) in [6, 6.07) is 17.6. The van der Waals surface area contributed by atoms with Crippen LogP contribution in [0.1, 0.15) is 33.7 Å². The molecule has 1 fully saturated rings. The first-order chi connectivity index (χ1) is 17.6. The van der Waals surface area contributed by atoms with Crippen LogP contribution in [0.3, 0.4) is 0 Å². The van der Waals surface area contributed by atoms with E-state index in [0.717, 1.165) is 37.3 Å². The second-order valence-electron chi connectivity index (χ2n) is 8.62. The van der Waals surface area contributed by atoms with Gasteiger partial charge in [0.15, 0.2) is 5.69 Å². The third kappa shape index (κ3) is 5.22. The third-order valence-corrected chi connectivity index (χ3v) is 6.20. The highest BCUT2D eigenvalue weighted by atomic mass is 16.5. The summed E-state index contributed by atoms with van der Waals surface area (Å²) < 4.78 is 7.51. The van der Waals surface area contributed by atoms with E-state index in [1.165, 1.54) is 12.1 Å². The molecule has 0 saturated carbocycles. The van der Waals surface area contributed by atoms with Crippen LogP contribution in [0.25, 0.3) is 5.52 Å². The van der Waals surface area contributed by atoms with Crippen molar-refractivity contribution in [2.45, 2.75) is 12.8 Å². The SMILES string of the molecule is O=NC(=O)c1cccc(OCC2CCN(c3ccc(NC(=O)c4cc5ccccn5n4)cn3)CC2)c1. The van der Waals surface area contributed by atoms with E-state index in [2.05, 4.69) is 25.5 Å². The predicted octanol–water partition coefficient (Wildman–Crippen LogP) is 4.18. The van der Waals surface area contributed by atoms with Gasteiger partial charge < -0.3 is 15.0 Å². The molecule has 5 rings (SSSR count). The zero-order valence-electron chi connectivity index (χ0n) is 19.4. The minimum atomic E-state index is -0.804. The predicted molar refractivity (Wildman–Crippen MR) is 134 cm³/mol. The first kappa shape index (κ1) is 23.2. The van der Waals surface area contributed by atoms with Gasteiger partial charge in [0.1, 0.15) is 11.6 Å². The van der Waals surface area contributed by atoms with Crippen LogP contribution in [-0.4, -0.2) is 46.1 Å². The van der Waals surface area contributed by atoms with E-state index in [-0.39, 0.29) is 11.5 Å². The van der Waals surface area contributed by atoms with Gasteiger partial charge in [-0.05, 0) is 67.3 Å². The first-order valence-electron chi connectivity index (χ1n) is 11.7. The molecule has 1 saturated heterocycles. The molecule has 1 aliphatic rings. The van der Waals surface area contributed by atoms with Gasteiger partial charge in [0.25, 0.3) is 5.91 Å². The summed E-state index contributed by atoms with van der Waals surface area (Å²) in [5.41, 5.74) is 2.02. The molecule has 3 aromatic heterocycles. The lowest BCUT2D eigenvalue weighted by Crippen LogP contribution is -2.36. The number of aromatic nitrogens is 3. The maximum absolute atomic E-state index is 12.6. The number of hydrogen-bond acceptors (Lipinski definition) is 7. The number of nitrogens with zero attached hydrogens (tertiary/aromatic N) is 5. The van der Waals surface area contributed by atoms with Crippen LogP contribution in [-0.2, 0) is 0 Å². The summed E-state index contributed by atoms with van der Waals surface area (Å²) >= 11 is 0. The lowest BCUT2D eigenvalue weighted by atomic mass is 9.98. The van der Waals surface area contributed by atoms with E-state index in [4.69, 9.17) is 4.74 Å². The van der Waals surface area contributed by atoms with Crippen molar-refractivity contribution in [3.63, 3.8) is 0 Å². The van der Waals surface area contributed by atoms with Crippen molar-refractivity contribution in [3.05, 3.63) is 89.2 Å². The second-order valence-corrected chi connectivity index (χ2v) is 8.62. The normalized spacial score (nSPS) is 13.9. The van der Waals surface area contributed by atoms with Gasteiger partial charge in [-0.15, -0.1) is 4.91 Å². The maximum Gasteiger partial charge on any atom is 0.316 e. The Bertz CT molecular complexity index is 1360. The van der Waals surface area contributed by atoms with Gasteiger partial charge >= 0.3 is 5.91 Å². The molecule has 0 atom stereocenters. The zero-order valence-corrected chi connectivity index (χ0v) is 19.4. The van der Waals surface area contributed by atoms with Gasteiger partial charge in [-0.25, -0.2) is 9.50 Å². The van der Waals surface area contributed by atoms with Gasteiger partial charge in [0.2, 0.25) is 0 Å². The van der Waals surface area contributed by atoms with Crippen molar-refractivity contribution >= 4 is 28.8 Å². The number of anilines is 2. The lowest BCUT2D eigenvalue weighted by Gasteiger charge is -2.32. The van der Waals surface area contributed by atoms with Crippen molar-refractivity contribution in [1.82, 2.24) is 14.6 Å². The zero-order chi connectivity index (χ0) is 24.9. The van der Waals surface area contributed by atoms with Crippen LogP contribution in [0, 0.1) is 10.8 Å². The molecule has 182 valence electrons. The number of ether oxygens (including phenoxy) is 1. The summed E-state index contributed by atoms with van der Waals surface area (Å²) in [5, 5.41) is 9.59. The fourth-order valence-electron chi connectivity index (χ4n) is 4.21. The first-order valence-corrected chi connectivity index (χ1v) is 11.7. The van der Waals surface area contributed by atoms with Gasteiger partial charge in [0, 0.05) is 30.0 Å². The Kier molecular flexibility index (Phi) is 6.65. The molecule has 1 aromatic carbocycles. The van der Waals surface area contributed by atoms with Crippen molar-refractivity contribution in [3.8, 4) is 5.75 Å². The summed E-state index contributed by atoms with van der Waals surface area (Å²) in [6.07, 6.45) is 5.32. The molecular formula is C26H24N6O4. The fourth-order valence-corrected chi connectivity index (χ4v) is 4.21. The smallest absolute Gasteiger partial charge is 0.316 e. The van der Waals surface area contributed by atoms with E-state index < -0.39 is 5.91 Å². The molecule has 0 unspecified atom stereocenters. The number of rotatable bonds is 7. The van der Waals surface area contributed by atoms with Crippen molar-refractivity contribution in [2.75, 3.05) is 29.9 Å². The number of benzene rings is 1. The minimum Gasteiger partial charge on any atom is -0.493 e. The van der Waals surface area contributed by atoms with Gasteiger partial charge in [-0.2, -0.15) is 5.10 Å². The van der Waals surface area contributed by atoms with E-state index in [0.29, 0.717) is 29.7 Å². The lowest BCUT2D eigenvalue weighted by molar-refractivity contribution is 0.0997. The van der Waals surface area contributed by atoms with Crippen LogP contribution in [0.15, 0.2) is 78.2 Å². The molecule has 0 bridgehead atoms. The van der Waals surface area contributed by atoms with Crippen molar-refractivity contribution in [1.29, 1.82) is 0 Å². The number of hydrogen-bond donors (Lipinski definition) is 1. The number of pyridine rings is 2. The van der Waals surface area contributed by atoms with Crippen LogP contribution in [0.2, 0.25) is 0 Å². The van der Waals surface area contributed by atoms with E-state index in [9.17, 15) is 14.5 Å². The number of piperidine rings is 1. The standard InChI is InChI=1S/C26H24N6O4/c33-25(30-35)19-4-3-6-22(14-19)36-17-18-9-12-31(13-10-18)24-8-7-20(16-27-24)28-26(34)23-15-21-5-1-2-11-32(21)29-23/h1-8,11,14-16,18H,9-10,12-13,17H2,(H,28,34). The molecule has 10 nitrogen and oxygen atoms in total. The molecule has 0 radical (unpaired) electrons. The number of fused-ring (bicyclic) bond motifs is 1. The van der Waals surface area contributed by atoms with Crippen LogP contribution in [0.5, 0.6) is 5.75 Å². The average molecular weight is 485 g/mol. The molecule has 1 aliphatic heterocycles. The Balaban J connectivity index is 1.11. The Morgan fingerprint density at radius 1 is 1.06 bits per heavy atom. The van der Waals surface area contributed by atoms with Gasteiger partial charge in [-0.1, -0.05) is 12.1 Å². The number of carbonyl (C=O) groups is 2. The summed E-state index contributed by atoms with van der Waals surface area (Å²) in [5.74, 6) is 0.685. The topological polar surface area (TPSA) is 118 Å². The highest BCUT2D eigenvalue weighted by molar-refractivity contribution is 6.03. The molecule has 36 heavy (non-hydrogen) atoms. The molecule has 0 aliphatic carbocycles. The molecule has 4 aromatic rings. The Morgan fingerprint density at radius 3 is 2.67 bits per heavy atom. The molecule has 4 heterocycles. The Hall–Kier alpha value is -4.60. The Labute approximate surface area is 206 Å². The molecular weight excluding hydrogens is 460 g/mol. The maximum atomic E-state index is 12.6. The average Bonchev–Trinajstić information content (AvgIpc) is 3.37. The molecule has 10 heteroatoms. The monoisotopic (exact) mass is 484 g/mol. The summed E-state index contributed by atoms with van der Waals surface area (Å²) in [6.45, 7) is 2.20. The Morgan fingerprint density at radius 2 is 1.92 bits per heavy atom. The van der Waals surface area contributed by atoms with Crippen molar-refractivity contribution in [2.24, 2.45) is 11.1 Å². The van der Waals surface area contributed by atoms with E-state index in [1.807, 2.05) is 30.3 Å². The highest BCUT2D eigenvalue weighted by Gasteiger charge is 2.21. The van der Waals surface area contributed by atoms with Crippen LogP contribution < -0.4 is 15.0 Å². The molecule has 1 N–H and O–H groups in total. The minimum absolute atomic E-state index is 0.223.